The van der Waals surface area contributed by atoms with Crippen molar-refractivity contribution in [1.82, 2.24) is 59.8 Å². The van der Waals surface area contributed by atoms with Crippen molar-refractivity contribution in [3.8, 4) is 5.75 Å². The number of para-hydroxylation sites is 1. The first-order valence-electron chi connectivity index (χ1n) is 33.6. The van der Waals surface area contributed by atoms with Gasteiger partial charge in [-0.3, -0.25) is 52.7 Å². The molecule has 14 heterocycles. The van der Waals surface area contributed by atoms with Crippen molar-refractivity contribution in [1.29, 1.82) is 0 Å². The normalized spacial score (nSPS) is 26.6. The molecule has 41 nitrogen and oxygen atoms in total. The molecule has 5 aromatic rings. The van der Waals surface area contributed by atoms with Crippen LogP contribution in [0.25, 0.3) is 6.08 Å². The zero-order valence-corrected chi connectivity index (χ0v) is 64.1. The number of β-lactam (4-membered cyclic amide) rings is 4. The standard InChI is InChI=1S/C14H14BN3O5S2.C13H17BO5S.C10H12N4O5S.C10H8N4O3S.C8H11NO5S.C8H9NO5/c16-13-17-18-14(25-13)24-6-9(19)5-8-4-7-2-1-3-10(12(20)21)11(7)23-15(8)22;15-10(7-12-2-1-5-20-12)6-9-3-4-11(8-13(16)17)19-14(9)18;1-10(5-13-3-2-11-12-13)8(9(16)17)14-6(15)4-7(14)20(10,18)19;1-13-3-5(11-12-13)2-6-8(15)14-7(10(16)17)4-18-9(6)14;1-8(2)6(7(11)12)9-4(10)3-5(9)15(8,13)14;10-2-1-4-7(8(12)13)9-5(11)3-6(9)14-4/h1-3,8,22H,4-6H2,(H2,16,17)(H,20,21);1-2,5,9,11,18H,3-4,6-8H2,(H,16,17);2-3,7-8H,4-5H2,1H3,(H,16,17);2-4,9H,1H3,(H,16,17);5-6H,3H2,1-2H3,(H,11,12);1,6-7,10H,2-3H2,(H,12,13)/b;;;6-2-;;4-1-/t8-;;;;;/m1...../s1. The zero-order valence-electron chi connectivity index (χ0n) is 59.2. The number of thiophene rings is 1. The lowest BCUT2D eigenvalue weighted by atomic mass is 9.64. The van der Waals surface area contributed by atoms with E-state index in [-0.39, 0.29) is 115 Å². The van der Waals surface area contributed by atoms with Crippen LogP contribution in [-0.4, -0.2) is 276 Å². The highest BCUT2D eigenvalue weighted by Crippen LogP contribution is 2.49. The number of amides is 4. The van der Waals surface area contributed by atoms with Gasteiger partial charge in [0.2, 0.25) is 22.9 Å². The third-order valence-corrected chi connectivity index (χ3v) is 28.8. The van der Waals surface area contributed by atoms with Gasteiger partial charge in [-0.1, -0.05) is 51.7 Å². The maximum absolute atomic E-state index is 12.5. The molecule has 0 aliphatic carbocycles. The number of anilines is 1. The number of benzene rings is 1. The van der Waals surface area contributed by atoms with Crippen molar-refractivity contribution in [3.05, 3.63) is 105 Å². The van der Waals surface area contributed by atoms with E-state index in [1.54, 1.807) is 42.8 Å². The molecule has 49 heteroatoms. The predicted molar refractivity (Wildman–Crippen MR) is 389 cm³/mol. The lowest BCUT2D eigenvalue weighted by molar-refractivity contribution is -0.163. The van der Waals surface area contributed by atoms with Crippen LogP contribution in [0.1, 0.15) is 98.6 Å². The molecule has 11 N–H and O–H groups in total. The van der Waals surface area contributed by atoms with E-state index in [9.17, 15) is 94.6 Å². The number of aliphatic carboxylic acids is 5. The van der Waals surface area contributed by atoms with E-state index >= 15 is 0 Å². The summed E-state index contributed by atoms with van der Waals surface area (Å²) in [6, 6.07) is 4.89. The first-order chi connectivity index (χ1) is 52.7. The van der Waals surface area contributed by atoms with Crippen LogP contribution in [0.5, 0.6) is 5.75 Å². The summed E-state index contributed by atoms with van der Waals surface area (Å²) in [7, 11) is -7.89. The number of sulfone groups is 2. The van der Waals surface area contributed by atoms with Crippen LogP contribution in [0.4, 0.5) is 5.13 Å². The van der Waals surface area contributed by atoms with E-state index in [0.717, 1.165) is 14.7 Å². The molecule has 0 spiro atoms. The number of aliphatic hydroxyl groups is 1. The van der Waals surface area contributed by atoms with Gasteiger partial charge in [0.15, 0.2) is 42.3 Å². The SMILES string of the molecule is CC1(C)C(C(=O)O)N2C(=O)CC2S1(=O)=O.CC1(Cn2ccnn2)C(C(=O)O)N2C(=O)CC2S1(=O)=O.Cn1cc(/C=C2/C(=O)N3C(C(=O)O)=CSC23)nn1.Nc1nnc(SCC(=O)C[C@H]2Cc3cccc(C(=O)O)c3OB2O)s1.O=C(O)C1/C(=C/CO)OC2CC(=O)N21.O=C(O)CC1CCC(CC(=O)Cc2cccs2)B(O)O1. The number of Topliss-reactive ketones (excluding diaryl/α,β-unsaturated/α-hetero) is 2. The summed E-state index contributed by atoms with van der Waals surface area (Å²) in [4.78, 5) is 141. The fraction of sp³-hybridized carbons (Fsp3) is 0.460. The maximum Gasteiger partial charge on any atom is 0.526 e. The summed E-state index contributed by atoms with van der Waals surface area (Å²) in [6.45, 7) is 3.59. The van der Waals surface area contributed by atoms with Crippen molar-refractivity contribution in [2.24, 2.45) is 7.05 Å². The third kappa shape index (κ3) is 17.4. The van der Waals surface area contributed by atoms with Gasteiger partial charge in [-0.25, -0.2) is 40.8 Å². The monoisotopic (exact) mass is 1670 g/mol. The number of carbonyl (C=O) groups excluding carboxylic acids is 6. The number of nitrogens with two attached hydrogens (primary N) is 1. The molecule has 598 valence electrons. The lowest BCUT2D eigenvalue weighted by Gasteiger charge is -2.36. The second kappa shape index (κ2) is 34.1. The molecule has 10 aliphatic rings. The molecule has 11 atom stereocenters. The van der Waals surface area contributed by atoms with Gasteiger partial charge in [0.05, 0.1) is 79.0 Å². The molecule has 0 saturated carbocycles. The number of rotatable bonds is 20. The molecule has 4 amide bonds. The van der Waals surface area contributed by atoms with E-state index in [1.807, 2.05) is 17.5 Å². The van der Waals surface area contributed by atoms with Crippen molar-refractivity contribution in [2.75, 3.05) is 18.1 Å². The fourth-order valence-corrected chi connectivity index (χ4v) is 21.6. The van der Waals surface area contributed by atoms with Crippen LogP contribution in [0.15, 0.2) is 87.2 Å². The Bertz CT molecular complexity index is 4890. The number of carboxylic acid groups (broad SMARTS) is 6. The Morgan fingerprint density at radius 1 is 0.759 bits per heavy atom. The maximum atomic E-state index is 12.5. The molecule has 0 bridgehead atoms. The Morgan fingerprint density at radius 2 is 1.43 bits per heavy atom. The molecule has 1 aromatic carbocycles. The minimum atomic E-state index is -3.80. The van der Waals surface area contributed by atoms with Gasteiger partial charge in [0.25, 0.3) is 5.91 Å². The van der Waals surface area contributed by atoms with E-state index < -0.39 is 138 Å². The average molecular weight is 1670 g/mol. The second-order valence-electron chi connectivity index (χ2n) is 27.1. The number of ketones is 2. The number of carbonyl (C=O) groups is 12. The minimum Gasteiger partial charge on any atom is -0.535 e. The van der Waals surface area contributed by atoms with Crippen LogP contribution in [0, 0.1) is 0 Å². The van der Waals surface area contributed by atoms with Gasteiger partial charge in [-0.2, -0.15) is 0 Å². The molecule has 15 rings (SSSR count). The van der Waals surface area contributed by atoms with E-state index in [0.29, 0.717) is 52.0 Å². The van der Waals surface area contributed by atoms with Gasteiger partial charge in [0.1, 0.15) is 61.4 Å². The largest absolute Gasteiger partial charge is 0.535 e. The fourth-order valence-electron chi connectivity index (χ4n) is 13.7. The van der Waals surface area contributed by atoms with E-state index in [4.69, 9.17) is 45.3 Å². The first-order valence-corrected chi connectivity index (χ1v) is 40.4. The van der Waals surface area contributed by atoms with E-state index in [1.165, 1.54) is 105 Å². The van der Waals surface area contributed by atoms with Gasteiger partial charge in [-0.15, -0.1) is 43.5 Å². The third-order valence-electron chi connectivity index (χ3n) is 19.3. The van der Waals surface area contributed by atoms with E-state index in [2.05, 4.69) is 30.8 Å². The van der Waals surface area contributed by atoms with Crippen LogP contribution >= 0.6 is 46.2 Å². The first kappa shape index (κ1) is 84.4. The molecular weight excluding hydrogens is 1600 g/mol. The number of carboxylic acids is 6. The number of thioether (sulfide) groups is 2. The highest BCUT2D eigenvalue weighted by molar-refractivity contribution is 8.03. The Labute approximate surface area is 651 Å². The molecule has 8 fully saturated rings. The quantitative estimate of drug-likeness (QED) is 0.0208. The highest BCUT2D eigenvalue weighted by Gasteiger charge is 2.71. The number of hydrogen-bond donors (Lipinski definition) is 10. The Hall–Kier alpha value is -10.0. The number of aromatic nitrogens is 8. The van der Waals surface area contributed by atoms with Crippen LogP contribution in [0.2, 0.25) is 11.6 Å². The number of aliphatic hydroxyl groups excluding tert-OH is 1. The second-order valence-corrected chi connectivity index (χ2v) is 36.6. The molecule has 0 radical (unpaired) electrons. The Kier molecular flexibility index (Phi) is 25.7. The molecule has 8 saturated heterocycles. The average Bonchev–Trinajstić information content (AvgIpc) is 1.53. The van der Waals surface area contributed by atoms with Crippen molar-refractivity contribution >= 4 is 162 Å². The molecule has 10 unspecified atom stereocenters. The number of fused-ring (bicyclic) bond motifs is 5. The number of hydrogen-bond acceptors (Lipinski definition) is 33. The molecular formula is C63H71B2N13O28S6. The van der Waals surface area contributed by atoms with Gasteiger partial charge in [0, 0.05) is 54.4 Å². The van der Waals surface area contributed by atoms with Crippen LogP contribution < -0.4 is 10.4 Å². The lowest BCUT2D eigenvalue weighted by Crippen LogP contribution is -2.58. The van der Waals surface area contributed by atoms with Gasteiger partial charge >= 0.3 is 50.1 Å². The smallest absolute Gasteiger partial charge is 0.526 e. The summed E-state index contributed by atoms with van der Waals surface area (Å²) >= 11 is 5.30. The summed E-state index contributed by atoms with van der Waals surface area (Å²) < 4.78 is 65.1. The summed E-state index contributed by atoms with van der Waals surface area (Å²) in [5.41, 5.74) is 7.34. The number of nitrogens with zero attached hydrogens (tertiary/aromatic N) is 12. The molecule has 4 aromatic heterocycles. The van der Waals surface area contributed by atoms with Crippen molar-refractivity contribution in [2.45, 2.75) is 164 Å². The predicted octanol–water partition coefficient (Wildman–Crippen LogP) is -0.264. The summed E-state index contributed by atoms with van der Waals surface area (Å²) in [5.74, 6) is -8.37. The Balaban J connectivity index is 0.000000144. The Morgan fingerprint density at radius 3 is 1.97 bits per heavy atom. The number of aryl methyl sites for hydroxylation is 1. The summed E-state index contributed by atoms with van der Waals surface area (Å²) in [5, 5.41) is 107. The number of aromatic carboxylic acids is 1. The van der Waals surface area contributed by atoms with Crippen LogP contribution in [0.3, 0.4) is 0 Å². The number of nitrogen functional groups attached to an aromatic ring is 1. The summed E-state index contributed by atoms with van der Waals surface area (Å²) in [6.07, 6.45) is 8.74. The topological polar surface area (TPSA) is 609 Å². The van der Waals surface area contributed by atoms with Crippen molar-refractivity contribution in [3.63, 3.8) is 0 Å². The van der Waals surface area contributed by atoms with Crippen molar-refractivity contribution < 1.29 is 134 Å². The highest BCUT2D eigenvalue weighted by atomic mass is 32.2. The zero-order chi connectivity index (χ0) is 82.0. The number of ether oxygens (including phenoxy) is 1. The van der Waals surface area contributed by atoms with Gasteiger partial charge < -0.3 is 75.4 Å². The van der Waals surface area contributed by atoms with Gasteiger partial charge in [-0.05, 0) is 75.3 Å². The molecule has 112 heavy (non-hydrogen) atoms. The molecule has 10 aliphatic heterocycles. The minimum absolute atomic E-state index is 0.00532. The van der Waals surface area contributed by atoms with Crippen LogP contribution in [-0.2, 0) is 108 Å².